The quantitative estimate of drug-likeness (QED) is 0.559. The monoisotopic (exact) mass is 448 g/mol. The fourth-order valence-corrected chi connectivity index (χ4v) is 6.01. The normalized spacial score (nSPS) is 23.9. The number of sulfone groups is 1. The first-order chi connectivity index (χ1) is 15.4. The van der Waals surface area contributed by atoms with Gasteiger partial charge in [0.1, 0.15) is 0 Å². The van der Waals surface area contributed by atoms with E-state index < -0.39 is 27.5 Å². The van der Waals surface area contributed by atoms with Crippen LogP contribution in [0, 0.1) is 0 Å². The summed E-state index contributed by atoms with van der Waals surface area (Å²) in [6, 6.07) is 27.5. The van der Waals surface area contributed by atoms with Gasteiger partial charge in [0.2, 0.25) is 9.84 Å². The highest BCUT2D eigenvalue weighted by atomic mass is 32.2. The summed E-state index contributed by atoms with van der Waals surface area (Å²) in [6.45, 7) is 2.22. The fourth-order valence-electron chi connectivity index (χ4n) is 4.28. The van der Waals surface area contributed by atoms with Crippen LogP contribution >= 0.6 is 0 Å². The Bertz CT molecular complexity index is 1160. The second kappa shape index (κ2) is 9.41. The van der Waals surface area contributed by atoms with Crippen LogP contribution in [0.25, 0.3) is 0 Å². The summed E-state index contributed by atoms with van der Waals surface area (Å²) in [5.41, 5.74) is 0.842. The maximum absolute atomic E-state index is 13.6. The molecule has 4 rings (SSSR count). The van der Waals surface area contributed by atoms with Crippen LogP contribution in [-0.4, -0.2) is 25.2 Å². The number of allylic oxidation sites excluding steroid dienone is 1. The van der Waals surface area contributed by atoms with Crippen LogP contribution in [0.3, 0.4) is 0 Å². The van der Waals surface area contributed by atoms with Gasteiger partial charge in [-0.3, -0.25) is 0 Å². The van der Waals surface area contributed by atoms with E-state index in [-0.39, 0.29) is 9.80 Å². The molecule has 0 heterocycles. The Kier molecular flexibility index (Phi) is 6.60. The van der Waals surface area contributed by atoms with Crippen molar-refractivity contribution in [2.75, 3.05) is 0 Å². The van der Waals surface area contributed by atoms with Gasteiger partial charge in [0, 0.05) is 5.92 Å². The molecule has 3 aromatic carbocycles. The lowest BCUT2D eigenvalue weighted by Gasteiger charge is -2.38. The van der Waals surface area contributed by atoms with E-state index in [0.29, 0.717) is 19.4 Å². The number of benzene rings is 3. The Hall–Kier alpha value is -2.73. The minimum absolute atomic E-state index is 0.230. The van der Waals surface area contributed by atoms with Gasteiger partial charge in [-0.25, -0.2) is 8.42 Å². The predicted octanol–water partition coefficient (Wildman–Crippen LogP) is 5.26. The summed E-state index contributed by atoms with van der Waals surface area (Å²) in [5.74, 6) is -0.732. The molecule has 1 aliphatic carbocycles. The topological polar surface area (TPSA) is 63.6 Å². The zero-order valence-corrected chi connectivity index (χ0v) is 18.9. The molecule has 0 unspecified atom stereocenters. The minimum atomic E-state index is -3.79. The van der Waals surface area contributed by atoms with E-state index >= 15 is 0 Å². The lowest BCUT2D eigenvalue weighted by Crippen LogP contribution is -2.45. The number of aliphatic hydroxyl groups is 1. The van der Waals surface area contributed by atoms with E-state index in [1.54, 1.807) is 36.4 Å². The summed E-state index contributed by atoms with van der Waals surface area (Å²) < 4.78 is 33.6. The minimum Gasteiger partial charge on any atom is -0.389 e. The van der Waals surface area contributed by atoms with Crippen LogP contribution in [0.1, 0.15) is 36.8 Å². The fraction of sp³-hybridized carbons (Fsp3) is 0.259. The molecule has 1 N–H and O–H groups in total. The van der Waals surface area contributed by atoms with Crippen molar-refractivity contribution in [2.45, 2.75) is 48.9 Å². The van der Waals surface area contributed by atoms with E-state index in [2.05, 4.69) is 0 Å². The largest absolute Gasteiger partial charge is 0.389 e. The van der Waals surface area contributed by atoms with Crippen molar-refractivity contribution in [3.63, 3.8) is 0 Å². The molecular weight excluding hydrogens is 420 g/mol. The van der Waals surface area contributed by atoms with Crippen LogP contribution in [0.15, 0.2) is 107 Å². The van der Waals surface area contributed by atoms with Crippen molar-refractivity contribution in [2.24, 2.45) is 0 Å². The lowest BCUT2D eigenvalue weighted by molar-refractivity contribution is -0.127. The van der Waals surface area contributed by atoms with Crippen LogP contribution in [0.2, 0.25) is 0 Å². The zero-order chi connectivity index (χ0) is 22.6. The first-order valence-corrected chi connectivity index (χ1v) is 12.3. The molecule has 3 aromatic rings. The molecule has 32 heavy (non-hydrogen) atoms. The van der Waals surface area contributed by atoms with Crippen LogP contribution in [0.5, 0.6) is 0 Å². The molecule has 0 bridgehead atoms. The van der Waals surface area contributed by atoms with Crippen molar-refractivity contribution in [1.29, 1.82) is 0 Å². The molecule has 0 aliphatic heterocycles. The maximum Gasteiger partial charge on any atom is 0.203 e. The Morgan fingerprint density at radius 1 is 0.906 bits per heavy atom. The molecule has 3 atom stereocenters. The first-order valence-electron chi connectivity index (χ1n) is 10.8. The molecule has 4 nitrogen and oxygen atoms in total. The number of aliphatic hydroxyl groups excluding tert-OH is 1. The molecule has 0 aromatic heterocycles. The summed E-state index contributed by atoms with van der Waals surface area (Å²) in [5, 5.41) is 11.6. The molecule has 0 fully saturated rings. The Balaban J connectivity index is 1.73. The molecular formula is C27H28O4S. The Morgan fingerprint density at radius 2 is 1.47 bits per heavy atom. The van der Waals surface area contributed by atoms with Crippen LogP contribution < -0.4 is 0 Å². The maximum atomic E-state index is 13.6. The van der Waals surface area contributed by atoms with Gasteiger partial charge in [-0.2, -0.15) is 0 Å². The first kappa shape index (κ1) is 22.5. The SMILES string of the molecule is C[C@]1(OCc2ccccc2)CCC=C(S(=O)(=O)c2ccccc2)[C@H](c2ccccc2)[C@@H]1O. The van der Waals surface area contributed by atoms with Gasteiger partial charge in [-0.1, -0.05) is 84.9 Å². The highest BCUT2D eigenvalue weighted by Crippen LogP contribution is 2.43. The smallest absolute Gasteiger partial charge is 0.203 e. The average Bonchev–Trinajstić information content (AvgIpc) is 2.96. The predicted molar refractivity (Wildman–Crippen MR) is 126 cm³/mol. The van der Waals surface area contributed by atoms with E-state index in [4.69, 9.17) is 4.74 Å². The highest BCUT2D eigenvalue weighted by molar-refractivity contribution is 7.95. The Morgan fingerprint density at radius 3 is 2.09 bits per heavy atom. The molecule has 1 aliphatic rings. The molecule has 0 radical (unpaired) electrons. The van der Waals surface area contributed by atoms with E-state index in [1.165, 1.54) is 0 Å². The van der Waals surface area contributed by atoms with Gasteiger partial charge in [-0.15, -0.1) is 0 Å². The van der Waals surface area contributed by atoms with Gasteiger partial charge in [0.25, 0.3) is 0 Å². The van der Waals surface area contributed by atoms with E-state index in [0.717, 1.165) is 11.1 Å². The van der Waals surface area contributed by atoms with Gasteiger partial charge >= 0.3 is 0 Å². The van der Waals surface area contributed by atoms with Crippen molar-refractivity contribution >= 4 is 9.84 Å². The summed E-state index contributed by atoms with van der Waals surface area (Å²) in [6.07, 6.45) is 1.73. The molecule has 0 saturated carbocycles. The molecule has 166 valence electrons. The molecule has 0 spiro atoms. The standard InChI is InChI=1S/C27H28O4S/c1-27(31-20-21-12-5-2-6-13-21)19-11-18-24(32(29,30)23-16-9-4-10-17-23)25(26(27)28)22-14-7-3-8-15-22/h2-10,12-18,25-26,28H,11,19-20H2,1H3/t25-,26-,27-/m0/s1. The second-order valence-electron chi connectivity index (χ2n) is 8.38. The summed E-state index contributed by atoms with van der Waals surface area (Å²) in [4.78, 5) is 0.461. The summed E-state index contributed by atoms with van der Waals surface area (Å²) in [7, 11) is -3.79. The van der Waals surface area contributed by atoms with E-state index in [9.17, 15) is 13.5 Å². The molecule has 5 heteroatoms. The molecule has 0 saturated heterocycles. The van der Waals surface area contributed by atoms with Gasteiger partial charge in [-0.05, 0) is 43.0 Å². The highest BCUT2D eigenvalue weighted by Gasteiger charge is 2.45. The van der Waals surface area contributed by atoms with Gasteiger partial charge in [0.15, 0.2) is 0 Å². The third-order valence-electron chi connectivity index (χ3n) is 6.17. The zero-order valence-electron chi connectivity index (χ0n) is 18.1. The third kappa shape index (κ3) is 4.56. The van der Waals surface area contributed by atoms with E-state index in [1.807, 2.05) is 67.6 Å². The van der Waals surface area contributed by atoms with Crippen molar-refractivity contribution in [3.05, 3.63) is 113 Å². The Labute approximate surface area is 190 Å². The van der Waals surface area contributed by atoms with Crippen LogP contribution in [-0.2, 0) is 21.2 Å². The second-order valence-corrected chi connectivity index (χ2v) is 10.3. The lowest BCUT2D eigenvalue weighted by atomic mass is 9.83. The third-order valence-corrected chi connectivity index (χ3v) is 8.10. The average molecular weight is 449 g/mol. The van der Waals surface area contributed by atoms with Gasteiger partial charge in [0.05, 0.1) is 28.1 Å². The summed E-state index contributed by atoms with van der Waals surface area (Å²) >= 11 is 0. The number of hydrogen-bond acceptors (Lipinski definition) is 4. The van der Waals surface area contributed by atoms with Crippen molar-refractivity contribution in [1.82, 2.24) is 0 Å². The number of rotatable bonds is 6. The van der Waals surface area contributed by atoms with Crippen molar-refractivity contribution in [3.8, 4) is 0 Å². The van der Waals surface area contributed by atoms with Crippen molar-refractivity contribution < 1.29 is 18.3 Å². The number of ether oxygens (including phenoxy) is 1. The number of hydrogen-bond donors (Lipinski definition) is 1. The van der Waals surface area contributed by atoms with Crippen LogP contribution in [0.4, 0.5) is 0 Å². The van der Waals surface area contributed by atoms with Gasteiger partial charge < -0.3 is 9.84 Å². The molecule has 0 amide bonds.